The van der Waals surface area contributed by atoms with E-state index in [1.165, 1.54) is 11.8 Å². The van der Waals surface area contributed by atoms with E-state index in [0.717, 1.165) is 9.46 Å². The average Bonchev–Trinajstić information content (AvgIpc) is 2.37. The van der Waals surface area contributed by atoms with Crippen molar-refractivity contribution < 1.29 is 13.2 Å². The number of nitrogens with one attached hydrogen (secondary N) is 1. The summed E-state index contributed by atoms with van der Waals surface area (Å²) in [6, 6.07) is 7.33. The number of nitrogens with zero attached hydrogens (tertiary/aromatic N) is 1. The summed E-state index contributed by atoms with van der Waals surface area (Å²) in [7, 11) is 0. The van der Waals surface area contributed by atoms with E-state index < -0.39 is 17.4 Å². The molecule has 0 atom stereocenters. The zero-order valence-electron chi connectivity index (χ0n) is 10.2. The molecule has 8 heteroatoms. The first-order valence-corrected chi connectivity index (χ1v) is 7.04. The molecule has 0 aliphatic rings. The largest absolute Gasteiger partial charge is 0.431 e. The van der Waals surface area contributed by atoms with Crippen molar-refractivity contribution in [1.82, 2.24) is 9.55 Å². The summed E-state index contributed by atoms with van der Waals surface area (Å²) in [6.45, 7) is 0. The van der Waals surface area contributed by atoms with Crippen molar-refractivity contribution in [2.75, 3.05) is 6.26 Å². The van der Waals surface area contributed by atoms with Crippen LogP contribution in [0.25, 0.3) is 5.69 Å². The van der Waals surface area contributed by atoms with Gasteiger partial charge in [-0.3, -0.25) is 9.36 Å². The SMILES string of the molecule is CSc1cccc(-n2c(=O)cc(C(F)(F)F)[nH]c2=S)c1. The molecule has 0 saturated heterocycles. The Morgan fingerprint density at radius 2 is 2.00 bits per heavy atom. The molecular formula is C12H9F3N2OS2. The average molecular weight is 318 g/mol. The van der Waals surface area contributed by atoms with E-state index in [4.69, 9.17) is 12.2 Å². The second kappa shape index (κ2) is 5.45. The Bertz CT molecular complexity index is 718. The van der Waals surface area contributed by atoms with Gasteiger partial charge in [0.25, 0.3) is 5.56 Å². The topological polar surface area (TPSA) is 37.8 Å². The number of halogens is 3. The van der Waals surface area contributed by atoms with Crippen LogP contribution in [0.15, 0.2) is 40.0 Å². The summed E-state index contributed by atoms with van der Waals surface area (Å²) >= 11 is 6.32. The van der Waals surface area contributed by atoms with Crippen LogP contribution >= 0.6 is 24.0 Å². The van der Waals surface area contributed by atoms with Crippen LogP contribution in [0.2, 0.25) is 0 Å². The summed E-state index contributed by atoms with van der Waals surface area (Å²) in [6.07, 6.45) is -2.78. The van der Waals surface area contributed by atoms with Gasteiger partial charge >= 0.3 is 6.18 Å². The zero-order valence-corrected chi connectivity index (χ0v) is 11.8. The molecule has 0 bridgehead atoms. The highest BCUT2D eigenvalue weighted by Gasteiger charge is 2.32. The molecule has 0 radical (unpaired) electrons. The smallest absolute Gasteiger partial charge is 0.328 e. The maximum atomic E-state index is 12.6. The molecule has 1 aromatic heterocycles. The molecule has 0 aliphatic carbocycles. The molecule has 0 fully saturated rings. The fraction of sp³-hybridized carbons (Fsp3) is 0.167. The number of thioether (sulfide) groups is 1. The summed E-state index contributed by atoms with van der Waals surface area (Å²) in [4.78, 5) is 14.8. The molecule has 0 spiro atoms. The minimum Gasteiger partial charge on any atom is -0.328 e. The first kappa shape index (κ1) is 14.9. The van der Waals surface area contributed by atoms with Gasteiger partial charge in [-0.15, -0.1) is 11.8 Å². The van der Waals surface area contributed by atoms with Gasteiger partial charge < -0.3 is 4.98 Å². The minimum absolute atomic E-state index is 0.289. The summed E-state index contributed by atoms with van der Waals surface area (Å²) in [5.41, 5.74) is -1.54. The van der Waals surface area contributed by atoms with E-state index in [-0.39, 0.29) is 4.77 Å². The monoisotopic (exact) mass is 318 g/mol. The Morgan fingerprint density at radius 1 is 1.30 bits per heavy atom. The lowest BCUT2D eigenvalue weighted by molar-refractivity contribution is -0.141. The Balaban J connectivity index is 2.64. The predicted molar refractivity (Wildman–Crippen MR) is 74.0 cm³/mol. The van der Waals surface area contributed by atoms with Crippen molar-refractivity contribution in [1.29, 1.82) is 0 Å². The maximum absolute atomic E-state index is 12.6. The van der Waals surface area contributed by atoms with Crippen LogP contribution in [0.4, 0.5) is 13.2 Å². The summed E-state index contributed by atoms with van der Waals surface area (Å²) < 4.78 is 38.5. The van der Waals surface area contributed by atoms with Gasteiger partial charge in [-0.2, -0.15) is 13.2 Å². The van der Waals surface area contributed by atoms with Crippen molar-refractivity contribution in [2.45, 2.75) is 11.1 Å². The van der Waals surface area contributed by atoms with Crippen LogP contribution in [0.3, 0.4) is 0 Å². The normalized spacial score (nSPS) is 11.6. The summed E-state index contributed by atoms with van der Waals surface area (Å²) in [5, 5.41) is 0. The maximum Gasteiger partial charge on any atom is 0.431 e. The number of aromatic nitrogens is 2. The van der Waals surface area contributed by atoms with Gasteiger partial charge in [0.2, 0.25) is 0 Å². The summed E-state index contributed by atoms with van der Waals surface area (Å²) in [5.74, 6) is 0. The van der Waals surface area contributed by atoms with Crippen molar-refractivity contribution in [3.8, 4) is 5.69 Å². The number of aromatic amines is 1. The lowest BCUT2D eigenvalue weighted by Gasteiger charge is -2.10. The van der Waals surface area contributed by atoms with Crippen LogP contribution in [0.5, 0.6) is 0 Å². The number of hydrogen-bond acceptors (Lipinski definition) is 3. The van der Waals surface area contributed by atoms with E-state index in [2.05, 4.69) is 0 Å². The third-order valence-electron chi connectivity index (χ3n) is 2.55. The fourth-order valence-corrected chi connectivity index (χ4v) is 2.40. The van der Waals surface area contributed by atoms with Gasteiger partial charge in [0.1, 0.15) is 5.69 Å². The molecular weight excluding hydrogens is 309 g/mol. The molecule has 0 amide bonds. The molecule has 2 rings (SSSR count). The highest BCUT2D eigenvalue weighted by molar-refractivity contribution is 7.98. The van der Waals surface area contributed by atoms with Crippen LogP contribution < -0.4 is 5.56 Å². The first-order valence-electron chi connectivity index (χ1n) is 5.41. The molecule has 106 valence electrons. The lowest BCUT2D eigenvalue weighted by atomic mass is 10.3. The second-order valence-corrected chi connectivity index (χ2v) is 5.13. The quantitative estimate of drug-likeness (QED) is 0.679. The standard InChI is InChI=1S/C12H9F3N2OS2/c1-20-8-4-2-3-7(5-8)17-10(18)6-9(12(13,14)15)16-11(17)19/h2-6H,1H3,(H,16,19). The Labute approximate surface area is 121 Å². The first-order chi connectivity index (χ1) is 9.32. The third-order valence-corrected chi connectivity index (χ3v) is 3.56. The molecule has 2 aromatic rings. The van der Waals surface area contributed by atoms with E-state index >= 15 is 0 Å². The number of H-pyrrole nitrogens is 1. The van der Waals surface area contributed by atoms with Crippen molar-refractivity contribution >= 4 is 24.0 Å². The molecule has 3 nitrogen and oxygen atoms in total. The van der Waals surface area contributed by atoms with E-state index in [0.29, 0.717) is 11.8 Å². The van der Waals surface area contributed by atoms with Crippen molar-refractivity contribution in [3.63, 3.8) is 0 Å². The predicted octanol–water partition coefficient (Wildman–Crippen LogP) is 3.64. The number of rotatable bonds is 2. The zero-order chi connectivity index (χ0) is 14.9. The minimum atomic E-state index is -4.63. The van der Waals surface area contributed by atoms with Crippen molar-refractivity contribution in [2.24, 2.45) is 0 Å². The highest BCUT2D eigenvalue weighted by atomic mass is 32.2. The van der Waals surface area contributed by atoms with Crippen LogP contribution in [0, 0.1) is 4.77 Å². The van der Waals surface area contributed by atoms with Gasteiger partial charge in [-0.1, -0.05) is 6.07 Å². The molecule has 0 saturated carbocycles. The molecule has 1 heterocycles. The highest BCUT2D eigenvalue weighted by Crippen LogP contribution is 2.26. The Hall–Kier alpha value is -1.54. The molecule has 1 N–H and O–H groups in total. The van der Waals surface area contributed by atoms with Gasteiger partial charge in [0.05, 0.1) is 5.69 Å². The van der Waals surface area contributed by atoms with Gasteiger partial charge in [-0.25, -0.2) is 0 Å². The van der Waals surface area contributed by atoms with E-state index in [1.807, 2.05) is 17.3 Å². The van der Waals surface area contributed by atoms with Gasteiger partial charge in [0, 0.05) is 11.0 Å². The van der Waals surface area contributed by atoms with Crippen LogP contribution in [-0.2, 0) is 6.18 Å². The number of benzene rings is 1. The number of alkyl halides is 3. The Kier molecular flexibility index (Phi) is 4.05. The third kappa shape index (κ3) is 2.96. The fourth-order valence-electron chi connectivity index (χ4n) is 1.64. The number of hydrogen-bond donors (Lipinski definition) is 1. The Morgan fingerprint density at radius 3 is 2.55 bits per heavy atom. The molecule has 1 aromatic carbocycles. The van der Waals surface area contributed by atoms with E-state index in [1.54, 1.807) is 18.2 Å². The molecule has 20 heavy (non-hydrogen) atoms. The lowest BCUT2D eigenvalue weighted by Crippen LogP contribution is -2.23. The van der Waals surface area contributed by atoms with Crippen LogP contribution in [-0.4, -0.2) is 15.8 Å². The van der Waals surface area contributed by atoms with Crippen molar-refractivity contribution in [3.05, 3.63) is 51.2 Å². The second-order valence-electron chi connectivity index (χ2n) is 3.86. The van der Waals surface area contributed by atoms with Gasteiger partial charge in [-0.05, 0) is 36.7 Å². The molecule has 0 unspecified atom stereocenters. The molecule has 0 aliphatic heterocycles. The van der Waals surface area contributed by atoms with E-state index in [9.17, 15) is 18.0 Å². The van der Waals surface area contributed by atoms with Crippen LogP contribution in [0.1, 0.15) is 5.69 Å². The van der Waals surface area contributed by atoms with Gasteiger partial charge in [0.15, 0.2) is 4.77 Å².